The van der Waals surface area contributed by atoms with Crippen LogP contribution in [0.2, 0.25) is 0 Å². The summed E-state index contributed by atoms with van der Waals surface area (Å²) in [7, 11) is 0. The molecule has 58 heteroatoms. The largest absolute Gasteiger partial charge is 0.477 e. The van der Waals surface area contributed by atoms with E-state index in [1.54, 1.807) is 0 Å². The number of carboxylic acids is 1. The maximum Gasteiger partial charge on any atom is 0.364 e. The van der Waals surface area contributed by atoms with Gasteiger partial charge in [-0.25, -0.2) is 4.79 Å². The Balaban J connectivity index is 0.835. The summed E-state index contributed by atoms with van der Waals surface area (Å²) in [5, 5.41) is 378. The molecule has 10 saturated heterocycles. The first-order valence-electron chi connectivity index (χ1n) is 40.0. The molecule has 10 fully saturated rings. The van der Waals surface area contributed by atoms with Crippen molar-refractivity contribution in [1.82, 2.24) is 10.6 Å². The molecule has 0 bridgehead atoms. The maximum absolute atomic E-state index is 13.0. The first-order valence-corrected chi connectivity index (χ1v) is 40.0. The average Bonchev–Trinajstić information content (AvgIpc) is 0.753. The zero-order valence-electron chi connectivity index (χ0n) is 67.0. The highest BCUT2D eigenvalue weighted by molar-refractivity contribution is 5.75. The lowest BCUT2D eigenvalue weighted by molar-refractivity contribution is -0.406. The molecule has 0 spiro atoms. The van der Waals surface area contributed by atoms with Gasteiger partial charge in [-0.1, -0.05) is 0 Å². The van der Waals surface area contributed by atoms with E-state index in [1.807, 2.05) is 0 Å². The third kappa shape index (κ3) is 22.7. The zero-order valence-corrected chi connectivity index (χ0v) is 67.0. The van der Waals surface area contributed by atoms with Crippen LogP contribution in [0.25, 0.3) is 0 Å². The molecule has 0 aromatic rings. The Bertz CT molecular complexity index is 3400. The molecular weight excluding hydrogens is 1750 g/mol. The van der Waals surface area contributed by atoms with E-state index < -0.39 is 415 Å². The van der Waals surface area contributed by atoms with Gasteiger partial charge in [-0.15, -0.1) is 0 Å². The van der Waals surface area contributed by atoms with Crippen LogP contribution < -0.4 is 10.6 Å². The summed E-state index contributed by atoms with van der Waals surface area (Å²) in [4.78, 5) is 37.7. The standard InChI is InChI=1S/C69H116N2O56/c1-14(81)70-27-33(92)52(120-62-40(99)35(94)29(88)21(8-76)110-62)24(11-79)113-59(27)122-54-31(90)22(9-77)111-65(44(54)103)121-53-25(12-80)114-60(28(34(53)93)71-15(2)82)123-55-32(91)23(10-78)112-66(45(55)104)124-56-39(98)43(102)61(117-49(56)18(85)5-73)109-13-26-30(89)36(95)41(100)63(115-26)126-58-50(19(86)6-74)119-67(118-48-16(83)3-69(108,68(106)107)127-51(48)20(87)7-75)46(105)57(58)125-64-42(101)37(96)38(97)47(116-64)17(84)4-72/h16-67,72-80,83-105,108H,3-13H2,1-2H3,(H,70,81)(H,71,82)(H,106,107)/t16-,17+,18-,19+,20-,21-,22-,23-,24-,25-,26-,27-,28-,29+,30-,31+,32+,33-,34-,35+,36+,37+,38+,39-,40-,41-,42+,43+,44-,45-,46+,47-,48-,49-,50-,51-,52-,53-,54+,55+,56+,57-,58-,59+,60+,61+,62+,63+,64-,65+,66+,67+,69-/m1/s1. The number of aliphatic hydroxyl groups is 33. The Morgan fingerprint density at radius 2 is 0.614 bits per heavy atom. The third-order valence-electron chi connectivity index (χ3n) is 23.2. The number of hydrogen-bond acceptors (Lipinski definition) is 55. The van der Waals surface area contributed by atoms with Gasteiger partial charge < -0.3 is 274 Å². The summed E-state index contributed by atoms with van der Waals surface area (Å²) < 4.78 is 110. The van der Waals surface area contributed by atoms with Gasteiger partial charge in [0.2, 0.25) is 11.8 Å². The van der Waals surface area contributed by atoms with Crippen molar-refractivity contribution in [2.45, 2.75) is 345 Å². The van der Waals surface area contributed by atoms with Crippen molar-refractivity contribution in [3.05, 3.63) is 0 Å². The fourth-order valence-corrected chi connectivity index (χ4v) is 16.2. The Morgan fingerprint density at radius 3 is 1.05 bits per heavy atom. The summed E-state index contributed by atoms with van der Waals surface area (Å²) in [5.74, 6) is -7.30. The van der Waals surface area contributed by atoms with E-state index >= 15 is 0 Å². The minimum Gasteiger partial charge on any atom is -0.477 e. The zero-order chi connectivity index (χ0) is 93.9. The molecule has 0 aromatic carbocycles. The summed E-state index contributed by atoms with van der Waals surface area (Å²) in [6.45, 7) is -10.1. The van der Waals surface area contributed by atoms with Crippen molar-refractivity contribution >= 4 is 17.8 Å². The summed E-state index contributed by atoms with van der Waals surface area (Å²) in [5.41, 5.74) is 0. The molecule has 0 aromatic heterocycles. The Kier molecular flexibility index (Phi) is 37.6. The number of aliphatic carboxylic acids is 1. The normalized spacial score (nSPS) is 49.3. The molecule has 10 rings (SSSR count). The molecule has 127 heavy (non-hydrogen) atoms. The van der Waals surface area contributed by atoms with E-state index in [-0.39, 0.29) is 0 Å². The molecule has 0 radical (unpaired) electrons. The lowest BCUT2D eigenvalue weighted by Gasteiger charge is -2.51. The molecule has 53 atom stereocenters. The van der Waals surface area contributed by atoms with E-state index in [4.69, 9.17) is 90.0 Å². The first kappa shape index (κ1) is 105. The number of ether oxygens (including phenoxy) is 19. The van der Waals surface area contributed by atoms with Crippen LogP contribution in [0.3, 0.4) is 0 Å². The van der Waals surface area contributed by atoms with Gasteiger partial charge in [0.15, 0.2) is 56.6 Å². The number of carbonyl (C=O) groups is 3. The minimum absolute atomic E-state index is 0.899. The number of amides is 2. The average molecular weight is 1870 g/mol. The van der Waals surface area contributed by atoms with Gasteiger partial charge in [0.05, 0.1) is 72.2 Å². The van der Waals surface area contributed by atoms with E-state index in [9.17, 15) is 188 Å². The molecule has 0 saturated carbocycles. The maximum atomic E-state index is 13.0. The lowest BCUT2D eigenvalue weighted by atomic mass is 9.91. The van der Waals surface area contributed by atoms with Gasteiger partial charge in [0.25, 0.3) is 5.79 Å². The molecule has 0 unspecified atom stereocenters. The second-order valence-electron chi connectivity index (χ2n) is 31.9. The number of carboxylic acid groups (broad SMARTS) is 1. The van der Waals surface area contributed by atoms with Crippen molar-refractivity contribution < 1.29 is 278 Å². The van der Waals surface area contributed by atoms with Crippen LogP contribution >= 0.6 is 0 Å². The highest BCUT2D eigenvalue weighted by Crippen LogP contribution is 2.43. The van der Waals surface area contributed by atoms with Gasteiger partial charge >= 0.3 is 5.97 Å². The number of carbonyl (C=O) groups excluding carboxylic acids is 2. The molecular formula is C69H116N2O56. The van der Waals surface area contributed by atoms with Crippen molar-refractivity contribution in [1.29, 1.82) is 0 Å². The quantitative estimate of drug-likeness (QED) is 0.0280. The molecule has 10 heterocycles. The van der Waals surface area contributed by atoms with Crippen LogP contribution in [0.15, 0.2) is 0 Å². The van der Waals surface area contributed by atoms with Crippen LogP contribution in [-0.2, 0) is 104 Å². The predicted molar refractivity (Wildman–Crippen MR) is 382 cm³/mol. The van der Waals surface area contributed by atoms with Crippen LogP contribution in [0.4, 0.5) is 0 Å². The van der Waals surface area contributed by atoms with Crippen LogP contribution in [0.5, 0.6) is 0 Å². The van der Waals surface area contributed by atoms with Crippen LogP contribution in [-0.4, -0.2) is 582 Å². The van der Waals surface area contributed by atoms with E-state index in [1.165, 1.54) is 0 Å². The number of nitrogens with one attached hydrogen (secondary N) is 2. The van der Waals surface area contributed by atoms with Gasteiger partial charge in [-0.2, -0.15) is 0 Å². The Labute approximate surface area is 715 Å². The smallest absolute Gasteiger partial charge is 0.364 e. The summed E-state index contributed by atoms with van der Waals surface area (Å²) in [6, 6.07) is -3.85. The van der Waals surface area contributed by atoms with Gasteiger partial charge in [-0.3, -0.25) is 9.59 Å². The van der Waals surface area contributed by atoms with Gasteiger partial charge in [0, 0.05) is 20.3 Å². The predicted octanol–water partition coefficient (Wildman–Crippen LogP) is -24.6. The van der Waals surface area contributed by atoms with Crippen molar-refractivity contribution in [3.63, 3.8) is 0 Å². The van der Waals surface area contributed by atoms with Gasteiger partial charge in [0.1, 0.15) is 256 Å². The second kappa shape index (κ2) is 45.3. The topological polar surface area (TPSA) is 938 Å². The fourth-order valence-electron chi connectivity index (χ4n) is 16.2. The summed E-state index contributed by atoms with van der Waals surface area (Å²) >= 11 is 0. The fraction of sp³-hybridized carbons (Fsp3) is 0.957. The van der Waals surface area contributed by atoms with E-state index in [0.29, 0.717) is 0 Å². The van der Waals surface area contributed by atoms with Crippen molar-refractivity contribution in [2.24, 2.45) is 0 Å². The highest BCUT2D eigenvalue weighted by atomic mass is 16.8. The molecule has 36 N–H and O–H groups in total. The molecule has 10 aliphatic rings. The Hall–Kier alpha value is -3.67. The highest BCUT2D eigenvalue weighted by Gasteiger charge is 2.64. The number of aliphatic hydroxyl groups excluding tert-OH is 32. The molecule has 0 aliphatic carbocycles. The number of hydrogen-bond donors (Lipinski definition) is 36. The molecule has 10 aliphatic heterocycles. The Morgan fingerprint density at radius 1 is 0.307 bits per heavy atom. The molecule has 2 amide bonds. The second-order valence-corrected chi connectivity index (χ2v) is 31.9. The van der Waals surface area contributed by atoms with Crippen molar-refractivity contribution in [2.75, 3.05) is 66.1 Å². The van der Waals surface area contributed by atoms with E-state index in [0.717, 1.165) is 13.8 Å². The van der Waals surface area contributed by atoms with Crippen molar-refractivity contribution in [3.8, 4) is 0 Å². The first-order chi connectivity index (χ1) is 59.9. The van der Waals surface area contributed by atoms with E-state index in [2.05, 4.69) is 10.6 Å². The van der Waals surface area contributed by atoms with Crippen LogP contribution in [0.1, 0.15) is 20.3 Å². The monoisotopic (exact) mass is 1870 g/mol. The van der Waals surface area contributed by atoms with Gasteiger partial charge in [-0.05, 0) is 0 Å². The SMILES string of the molecule is CC(=O)N[C@H]1[C@H](O[C@H]2[C@@H](O)[C@@H](CO)O[C@@H](O[C@H]3[C@H](O)[C@@H](NC(C)=O)[C@H](O[C@H]4[C@@H](O)[C@@H](CO)O[C@@H](O[C@H]5[C@H](O)[C@H](O)[C@@H](OC[C@H]6O[C@@H](O[C@H]7[C@H](O[C@H]8O[C@H]([C@@H](O)CO)[C@@H](O)[C@H](O)[C@@H]8O)[C@H](O)[C@@H](O[C@H]8[C@@H]([C@H](O)CO)O[C@@](O)(C(=O)O)C[C@H]8O)O[C@@H]7[C@@H](O)CO)[C@H](O)[C@@H](O)[C@@H]6O)O[C@@H]5[C@H](O)CO)[C@@H]4O)O[C@@H]3CO)[C@@H]2O)O[C@H](CO)[C@@H](O[C@@H]2O[C@H](CO)[C@H](O)[C@H](O)[C@H]2O)[C@@H]1O. The molecule has 58 nitrogen and oxygen atoms in total. The number of rotatable bonds is 35. The third-order valence-corrected chi connectivity index (χ3v) is 23.2. The lowest BCUT2D eigenvalue weighted by Crippen LogP contribution is -2.71. The minimum atomic E-state index is -3.28. The van der Waals surface area contributed by atoms with Crippen LogP contribution in [0, 0.1) is 0 Å². The molecule has 738 valence electrons. The summed E-state index contributed by atoms with van der Waals surface area (Å²) in [6.07, 6.45) is -112.